The van der Waals surface area contributed by atoms with E-state index in [-0.39, 0.29) is 5.97 Å². The zero-order chi connectivity index (χ0) is 15.2. The molecule has 0 amide bonds. The van der Waals surface area contributed by atoms with Gasteiger partial charge in [0, 0.05) is 19.8 Å². The molecular formula is C15H20N4O2. The van der Waals surface area contributed by atoms with E-state index in [0.29, 0.717) is 17.9 Å². The first-order chi connectivity index (χ1) is 10.1. The molecule has 0 unspecified atom stereocenters. The Labute approximate surface area is 123 Å². The highest BCUT2D eigenvalue weighted by Gasteiger charge is 2.08. The second-order valence-electron chi connectivity index (χ2n) is 4.72. The molecular weight excluding hydrogens is 268 g/mol. The van der Waals surface area contributed by atoms with Crippen LogP contribution in [0.5, 0.6) is 0 Å². The Balaban J connectivity index is 1.93. The maximum Gasteiger partial charge on any atom is 0.338 e. The summed E-state index contributed by atoms with van der Waals surface area (Å²) in [7, 11) is 1.89. The number of esters is 1. The van der Waals surface area contributed by atoms with Gasteiger partial charge in [0.15, 0.2) is 0 Å². The number of carbonyl (C=O) groups is 1. The molecule has 2 rings (SSSR count). The van der Waals surface area contributed by atoms with Gasteiger partial charge in [-0.25, -0.2) is 4.79 Å². The summed E-state index contributed by atoms with van der Waals surface area (Å²) in [5, 5.41) is 7.38. The molecule has 0 aliphatic rings. The fourth-order valence-corrected chi connectivity index (χ4v) is 2.01. The van der Waals surface area contributed by atoms with Gasteiger partial charge in [-0.05, 0) is 37.1 Å². The van der Waals surface area contributed by atoms with Crippen molar-refractivity contribution in [2.24, 2.45) is 7.05 Å². The maximum atomic E-state index is 11.6. The normalized spacial score (nSPS) is 10.4. The number of anilines is 2. The Hall–Kier alpha value is -2.50. The number of nitrogens with two attached hydrogens (primary N) is 1. The minimum absolute atomic E-state index is 0.351. The van der Waals surface area contributed by atoms with Gasteiger partial charge in [-0.1, -0.05) is 0 Å². The minimum atomic E-state index is -0.355. The van der Waals surface area contributed by atoms with Gasteiger partial charge >= 0.3 is 5.97 Å². The molecule has 0 spiro atoms. The van der Waals surface area contributed by atoms with E-state index in [4.69, 9.17) is 10.5 Å². The van der Waals surface area contributed by atoms with E-state index in [0.717, 1.165) is 24.2 Å². The van der Waals surface area contributed by atoms with Crippen molar-refractivity contribution in [3.05, 3.63) is 41.7 Å². The molecule has 1 aromatic heterocycles. The summed E-state index contributed by atoms with van der Waals surface area (Å²) < 4.78 is 6.72. The van der Waals surface area contributed by atoms with Crippen LogP contribution in [0.15, 0.2) is 30.6 Å². The summed E-state index contributed by atoms with van der Waals surface area (Å²) >= 11 is 0. The first kappa shape index (κ1) is 14.9. The first-order valence-electron chi connectivity index (χ1n) is 6.88. The molecule has 0 saturated carbocycles. The van der Waals surface area contributed by atoms with Crippen LogP contribution in [0.3, 0.4) is 0 Å². The Morgan fingerprint density at radius 3 is 2.90 bits per heavy atom. The number of nitrogens with zero attached hydrogens (tertiary/aromatic N) is 2. The zero-order valence-corrected chi connectivity index (χ0v) is 12.3. The fraction of sp³-hybridized carbons (Fsp3) is 0.333. The number of aromatic nitrogens is 2. The zero-order valence-electron chi connectivity index (χ0n) is 12.3. The van der Waals surface area contributed by atoms with E-state index in [1.54, 1.807) is 29.8 Å². The van der Waals surface area contributed by atoms with E-state index in [1.165, 1.54) is 0 Å². The van der Waals surface area contributed by atoms with Gasteiger partial charge in [0.05, 0.1) is 29.7 Å². The van der Waals surface area contributed by atoms with Crippen molar-refractivity contribution in [3.8, 4) is 0 Å². The van der Waals surface area contributed by atoms with E-state index in [2.05, 4.69) is 10.4 Å². The molecule has 6 nitrogen and oxygen atoms in total. The largest absolute Gasteiger partial charge is 0.462 e. The van der Waals surface area contributed by atoms with Crippen LogP contribution in [-0.2, 0) is 18.2 Å². The lowest BCUT2D eigenvalue weighted by atomic mass is 10.1. The third kappa shape index (κ3) is 3.98. The number of nitrogens with one attached hydrogen (secondary N) is 1. The van der Waals surface area contributed by atoms with Crippen molar-refractivity contribution in [2.45, 2.75) is 13.3 Å². The molecule has 3 N–H and O–H groups in total. The smallest absolute Gasteiger partial charge is 0.338 e. The molecule has 0 fully saturated rings. The second kappa shape index (κ2) is 6.78. The molecule has 0 bridgehead atoms. The summed E-state index contributed by atoms with van der Waals surface area (Å²) in [4.78, 5) is 11.6. The minimum Gasteiger partial charge on any atom is -0.462 e. The first-order valence-corrected chi connectivity index (χ1v) is 6.88. The third-order valence-electron chi connectivity index (χ3n) is 3.05. The van der Waals surface area contributed by atoms with Gasteiger partial charge in [0.1, 0.15) is 0 Å². The Morgan fingerprint density at radius 2 is 2.29 bits per heavy atom. The highest BCUT2D eigenvalue weighted by Crippen LogP contribution is 2.20. The van der Waals surface area contributed by atoms with Crippen molar-refractivity contribution in [2.75, 3.05) is 24.2 Å². The number of aryl methyl sites for hydroxylation is 1. The lowest BCUT2D eigenvalue weighted by molar-refractivity contribution is 0.0526. The number of hydrogen-bond acceptors (Lipinski definition) is 5. The van der Waals surface area contributed by atoms with Crippen LogP contribution in [0.2, 0.25) is 0 Å². The summed E-state index contributed by atoms with van der Waals surface area (Å²) in [6, 6.07) is 5.13. The lowest BCUT2D eigenvalue weighted by Crippen LogP contribution is -2.09. The van der Waals surface area contributed by atoms with Gasteiger partial charge < -0.3 is 15.8 Å². The van der Waals surface area contributed by atoms with E-state index in [9.17, 15) is 4.79 Å². The van der Waals surface area contributed by atoms with Crippen LogP contribution in [0.1, 0.15) is 22.8 Å². The van der Waals surface area contributed by atoms with Gasteiger partial charge in [0.25, 0.3) is 0 Å². The topological polar surface area (TPSA) is 82.2 Å². The van der Waals surface area contributed by atoms with Crippen molar-refractivity contribution < 1.29 is 9.53 Å². The fourth-order valence-electron chi connectivity index (χ4n) is 2.01. The number of carbonyl (C=O) groups excluding carboxylic acids is 1. The highest BCUT2D eigenvalue weighted by atomic mass is 16.5. The van der Waals surface area contributed by atoms with E-state index < -0.39 is 0 Å². The molecule has 1 heterocycles. The average molecular weight is 288 g/mol. The molecule has 0 aliphatic heterocycles. The van der Waals surface area contributed by atoms with Gasteiger partial charge in [-0.3, -0.25) is 4.68 Å². The number of hydrogen-bond donors (Lipinski definition) is 2. The lowest BCUT2D eigenvalue weighted by Gasteiger charge is -2.10. The quantitative estimate of drug-likeness (QED) is 0.626. The van der Waals surface area contributed by atoms with E-state index >= 15 is 0 Å². The molecule has 2 aromatic rings. The maximum absolute atomic E-state index is 11.6. The van der Waals surface area contributed by atoms with Crippen molar-refractivity contribution in [1.29, 1.82) is 0 Å². The highest BCUT2D eigenvalue weighted by molar-refractivity contribution is 5.91. The summed E-state index contributed by atoms with van der Waals surface area (Å²) in [6.07, 6.45) is 4.68. The predicted molar refractivity (Wildman–Crippen MR) is 82.2 cm³/mol. The number of ether oxygens (including phenoxy) is 1. The molecule has 1 aromatic carbocycles. The standard InChI is InChI=1S/C15H20N4O2/c1-3-21-15(20)12-4-5-14(13(16)8-12)17-7-6-11-9-18-19(2)10-11/h4-5,8-10,17H,3,6-7,16H2,1-2H3. The van der Waals surface area contributed by atoms with Gasteiger partial charge in [0.2, 0.25) is 0 Å². The number of rotatable bonds is 6. The summed E-state index contributed by atoms with van der Waals surface area (Å²) in [5.74, 6) is -0.355. The van der Waals surface area contributed by atoms with E-state index in [1.807, 2.05) is 19.4 Å². The monoisotopic (exact) mass is 288 g/mol. The van der Waals surface area contributed by atoms with Gasteiger partial charge in [-0.2, -0.15) is 5.10 Å². The van der Waals surface area contributed by atoms with Crippen molar-refractivity contribution in [1.82, 2.24) is 9.78 Å². The molecule has 0 aliphatic carbocycles. The third-order valence-corrected chi connectivity index (χ3v) is 3.05. The molecule has 0 saturated heterocycles. The molecule has 0 radical (unpaired) electrons. The second-order valence-corrected chi connectivity index (χ2v) is 4.72. The Kier molecular flexibility index (Phi) is 4.81. The van der Waals surface area contributed by atoms with Crippen LogP contribution in [0, 0.1) is 0 Å². The molecule has 0 atom stereocenters. The number of nitrogen functional groups attached to an aromatic ring is 1. The number of benzene rings is 1. The average Bonchev–Trinajstić information content (AvgIpc) is 2.86. The van der Waals surface area contributed by atoms with Crippen molar-refractivity contribution in [3.63, 3.8) is 0 Å². The van der Waals surface area contributed by atoms with Crippen LogP contribution in [0.4, 0.5) is 11.4 Å². The van der Waals surface area contributed by atoms with Crippen LogP contribution >= 0.6 is 0 Å². The summed E-state index contributed by atoms with van der Waals surface area (Å²) in [5.41, 5.74) is 8.92. The molecule has 21 heavy (non-hydrogen) atoms. The Bertz CT molecular complexity index is 622. The Morgan fingerprint density at radius 1 is 1.48 bits per heavy atom. The molecule has 112 valence electrons. The molecule has 6 heteroatoms. The van der Waals surface area contributed by atoms with Crippen LogP contribution < -0.4 is 11.1 Å². The van der Waals surface area contributed by atoms with Crippen LogP contribution in [0.25, 0.3) is 0 Å². The van der Waals surface area contributed by atoms with Crippen molar-refractivity contribution >= 4 is 17.3 Å². The summed E-state index contributed by atoms with van der Waals surface area (Å²) in [6.45, 7) is 2.87. The van der Waals surface area contributed by atoms with Gasteiger partial charge in [-0.15, -0.1) is 0 Å². The predicted octanol–water partition coefficient (Wildman–Crippen LogP) is 1.83. The van der Waals surface area contributed by atoms with Crippen LogP contribution in [-0.4, -0.2) is 28.9 Å². The SMILES string of the molecule is CCOC(=O)c1ccc(NCCc2cnn(C)c2)c(N)c1.